The van der Waals surface area contributed by atoms with E-state index in [4.69, 9.17) is 4.74 Å². The zero-order valence-corrected chi connectivity index (χ0v) is 18.1. The lowest BCUT2D eigenvalue weighted by Crippen LogP contribution is -2.48. The molecule has 2 aromatic carbocycles. The number of carbonyl (C=O) groups is 1. The lowest BCUT2D eigenvalue weighted by Gasteiger charge is -2.34. The smallest absolute Gasteiger partial charge is 0.243 e. The fourth-order valence-electron chi connectivity index (χ4n) is 3.51. The molecule has 2 aromatic rings. The van der Waals surface area contributed by atoms with Crippen molar-refractivity contribution < 1.29 is 17.9 Å². The lowest BCUT2D eigenvalue weighted by molar-refractivity contribution is -0.0440. The second-order valence-electron chi connectivity index (χ2n) is 7.70. The van der Waals surface area contributed by atoms with Crippen molar-refractivity contribution in [3.05, 3.63) is 59.2 Å². The molecule has 3 rings (SSSR count). The molecule has 1 N–H and O–H groups in total. The van der Waals surface area contributed by atoms with Crippen LogP contribution in [0, 0.1) is 13.8 Å². The molecule has 0 radical (unpaired) electrons. The summed E-state index contributed by atoms with van der Waals surface area (Å²) in [6, 6.07) is 12.3. The zero-order valence-electron chi connectivity index (χ0n) is 17.3. The van der Waals surface area contributed by atoms with Crippen LogP contribution in [0.5, 0.6) is 0 Å². The van der Waals surface area contributed by atoms with Crippen LogP contribution in [0.3, 0.4) is 0 Å². The number of carbonyl (C=O) groups excluding carboxylic acids is 1. The second kappa shape index (κ2) is 8.65. The summed E-state index contributed by atoms with van der Waals surface area (Å²) < 4.78 is 33.2. The molecule has 0 bridgehead atoms. The van der Waals surface area contributed by atoms with Crippen LogP contribution in [0.2, 0.25) is 0 Å². The van der Waals surface area contributed by atoms with E-state index in [1.165, 1.54) is 16.4 Å². The topological polar surface area (TPSA) is 75.7 Å². The van der Waals surface area contributed by atoms with Gasteiger partial charge in [0.15, 0.2) is 5.78 Å². The number of hydrogen-bond acceptors (Lipinski definition) is 5. The predicted molar refractivity (Wildman–Crippen MR) is 114 cm³/mol. The molecule has 6 nitrogen and oxygen atoms in total. The van der Waals surface area contributed by atoms with Crippen LogP contribution in [0.25, 0.3) is 0 Å². The number of morpholine rings is 1. The van der Waals surface area contributed by atoms with Gasteiger partial charge in [-0.2, -0.15) is 4.31 Å². The normalized spacial score (nSPS) is 20.4. The van der Waals surface area contributed by atoms with Gasteiger partial charge in [0.2, 0.25) is 10.0 Å². The van der Waals surface area contributed by atoms with Gasteiger partial charge in [-0.05, 0) is 57.0 Å². The summed E-state index contributed by atoms with van der Waals surface area (Å²) >= 11 is 0. The molecule has 0 aliphatic carbocycles. The van der Waals surface area contributed by atoms with E-state index in [9.17, 15) is 13.2 Å². The van der Waals surface area contributed by atoms with E-state index < -0.39 is 10.0 Å². The van der Waals surface area contributed by atoms with Crippen molar-refractivity contribution in [1.29, 1.82) is 0 Å². The first kappa shape index (κ1) is 21.5. The molecule has 1 saturated heterocycles. The summed E-state index contributed by atoms with van der Waals surface area (Å²) in [6.45, 7) is 8.39. The standard InChI is InChI=1S/C22H28N2O4S/c1-15-8-9-16(2)21(10-15)23-12-22(25)19-6-5-7-20(11-19)29(26,27)24-13-17(3)28-18(4)14-24/h5-11,17-18,23H,12-14H2,1-4H3. The fourth-order valence-corrected chi connectivity index (χ4v) is 5.15. The van der Waals surface area contributed by atoms with Crippen LogP contribution in [0.15, 0.2) is 47.4 Å². The Morgan fingerprint density at radius 3 is 2.48 bits per heavy atom. The highest BCUT2D eigenvalue weighted by molar-refractivity contribution is 7.89. The molecule has 1 fully saturated rings. The Balaban J connectivity index is 1.76. The fraction of sp³-hybridized carbons (Fsp3) is 0.409. The molecule has 7 heteroatoms. The third-order valence-electron chi connectivity index (χ3n) is 5.01. The van der Waals surface area contributed by atoms with Crippen LogP contribution in [0.1, 0.15) is 35.3 Å². The maximum Gasteiger partial charge on any atom is 0.243 e. The Hall–Kier alpha value is -2.22. The second-order valence-corrected chi connectivity index (χ2v) is 9.64. The number of anilines is 1. The Morgan fingerprint density at radius 2 is 1.79 bits per heavy atom. The number of hydrogen-bond donors (Lipinski definition) is 1. The summed E-state index contributed by atoms with van der Waals surface area (Å²) in [5.41, 5.74) is 3.43. The Morgan fingerprint density at radius 1 is 1.10 bits per heavy atom. The molecule has 0 spiro atoms. The van der Waals surface area contributed by atoms with Crippen LogP contribution in [0.4, 0.5) is 5.69 Å². The van der Waals surface area contributed by atoms with E-state index in [0.29, 0.717) is 18.7 Å². The number of sulfonamides is 1. The zero-order chi connectivity index (χ0) is 21.2. The first-order chi connectivity index (χ1) is 13.7. The number of benzene rings is 2. The number of ketones is 1. The van der Waals surface area contributed by atoms with E-state index in [2.05, 4.69) is 5.32 Å². The minimum atomic E-state index is -3.68. The molecule has 1 heterocycles. The lowest BCUT2D eigenvalue weighted by atomic mass is 10.1. The predicted octanol–water partition coefficient (Wildman–Crippen LogP) is 3.40. The van der Waals surface area contributed by atoms with Crippen molar-refractivity contribution in [2.24, 2.45) is 0 Å². The van der Waals surface area contributed by atoms with E-state index in [-0.39, 0.29) is 29.4 Å². The largest absolute Gasteiger partial charge is 0.377 e. The van der Waals surface area contributed by atoms with Crippen LogP contribution in [-0.4, -0.2) is 50.3 Å². The Labute approximate surface area is 172 Å². The van der Waals surface area contributed by atoms with Crippen molar-refractivity contribution in [3.8, 4) is 0 Å². The van der Waals surface area contributed by atoms with Gasteiger partial charge in [0.25, 0.3) is 0 Å². The number of rotatable bonds is 6. The highest BCUT2D eigenvalue weighted by atomic mass is 32.2. The van der Waals surface area contributed by atoms with Crippen LogP contribution >= 0.6 is 0 Å². The summed E-state index contributed by atoms with van der Waals surface area (Å²) in [7, 11) is -3.68. The minimum absolute atomic E-state index is 0.0966. The number of nitrogens with one attached hydrogen (secondary N) is 1. The maximum atomic E-state index is 13.1. The monoisotopic (exact) mass is 416 g/mol. The molecule has 2 atom stereocenters. The van der Waals surface area contributed by atoms with Crippen molar-refractivity contribution in [2.45, 2.75) is 44.8 Å². The average molecular weight is 417 g/mol. The molecule has 0 amide bonds. The van der Waals surface area contributed by atoms with Gasteiger partial charge in [0.1, 0.15) is 0 Å². The number of ether oxygens (including phenoxy) is 1. The summed E-state index contributed by atoms with van der Waals surface area (Å²) in [5, 5.41) is 3.16. The third kappa shape index (κ3) is 5.04. The van der Waals surface area contributed by atoms with E-state index in [1.54, 1.807) is 12.1 Å². The quantitative estimate of drug-likeness (QED) is 0.731. The Kier molecular flexibility index (Phi) is 6.41. The van der Waals surface area contributed by atoms with Crippen LogP contribution in [-0.2, 0) is 14.8 Å². The molecule has 1 aliphatic rings. The molecule has 0 saturated carbocycles. The van der Waals surface area contributed by atoms with Crippen molar-refractivity contribution in [1.82, 2.24) is 4.31 Å². The summed E-state index contributed by atoms with van der Waals surface area (Å²) in [6.07, 6.45) is -0.333. The molecule has 156 valence electrons. The van der Waals surface area contributed by atoms with E-state index in [0.717, 1.165) is 16.8 Å². The highest BCUT2D eigenvalue weighted by Crippen LogP contribution is 2.22. The molecule has 2 unspecified atom stereocenters. The van der Waals surface area contributed by atoms with Gasteiger partial charge in [0, 0.05) is 24.3 Å². The molecule has 1 aliphatic heterocycles. The first-order valence-corrected chi connectivity index (χ1v) is 11.2. The number of nitrogens with zero attached hydrogens (tertiary/aromatic N) is 1. The van der Waals surface area contributed by atoms with Crippen molar-refractivity contribution in [2.75, 3.05) is 25.0 Å². The third-order valence-corrected chi connectivity index (χ3v) is 6.84. The molecular formula is C22H28N2O4S. The van der Waals surface area contributed by atoms with Crippen molar-refractivity contribution in [3.63, 3.8) is 0 Å². The van der Waals surface area contributed by atoms with Gasteiger partial charge in [-0.15, -0.1) is 0 Å². The van der Waals surface area contributed by atoms with Gasteiger partial charge in [-0.25, -0.2) is 8.42 Å². The number of aryl methyl sites for hydroxylation is 2. The highest BCUT2D eigenvalue weighted by Gasteiger charge is 2.32. The summed E-state index contributed by atoms with van der Waals surface area (Å²) in [4.78, 5) is 12.8. The van der Waals surface area contributed by atoms with Gasteiger partial charge in [-0.3, -0.25) is 4.79 Å². The molecular weight excluding hydrogens is 388 g/mol. The van der Waals surface area contributed by atoms with E-state index in [1.807, 2.05) is 45.9 Å². The maximum absolute atomic E-state index is 13.1. The van der Waals surface area contributed by atoms with Crippen molar-refractivity contribution >= 4 is 21.5 Å². The molecule has 29 heavy (non-hydrogen) atoms. The van der Waals surface area contributed by atoms with Gasteiger partial charge in [0.05, 0.1) is 23.6 Å². The first-order valence-electron chi connectivity index (χ1n) is 9.77. The SMILES string of the molecule is Cc1ccc(C)c(NCC(=O)c2cccc(S(=O)(=O)N3CC(C)OC(C)C3)c2)c1. The van der Waals surface area contributed by atoms with Crippen LogP contribution < -0.4 is 5.32 Å². The number of Topliss-reactive ketones (excluding diaryl/α,β-unsaturated/α-hetero) is 1. The Bertz CT molecular complexity index is 994. The van der Waals surface area contributed by atoms with Gasteiger partial charge in [-0.1, -0.05) is 24.3 Å². The summed E-state index contributed by atoms with van der Waals surface area (Å²) in [5.74, 6) is -0.160. The average Bonchev–Trinajstić information content (AvgIpc) is 2.67. The van der Waals surface area contributed by atoms with E-state index >= 15 is 0 Å². The van der Waals surface area contributed by atoms with Gasteiger partial charge < -0.3 is 10.1 Å². The van der Waals surface area contributed by atoms with Gasteiger partial charge >= 0.3 is 0 Å². The minimum Gasteiger partial charge on any atom is -0.377 e. The molecule has 0 aromatic heterocycles.